The van der Waals surface area contributed by atoms with E-state index in [0.717, 1.165) is 12.8 Å². The molecule has 130 valence electrons. The van der Waals surface area contributed by atoms with Gasteiger partial charge in [0.15, 0.2) is 5.82 Å². The number of amides is 1. The van der Waals surface area contributed by atoms with Gasteiger partial charge in [0, 0.05) is 6.54 Å². The quantitative estimate of drug-likeness (QED) is 0.455. The molecule has 1 amide bonds. The van der Waals surface area contributed by atoms with E-state index in [9.17, 15) is 9.18 Å². The van der Waals surface area contributed by atoms with Gasteiger partial charge >= 0.3 is 0 Å². The summed E-state index contributed by atoms with van der Waals surface area (Å²) in [6.45, 7) is 2.82. The van der Waals surface area contributed by atoms with E-state index in [1.165, 1.54) is 63.5 Å². The zero-order valence-corrected chi connectivity index (χ0v) is 14.9. The Morgan fingerprint density at radius 3 is 2.17 bits per heavy atom. The molecule has 1 N–H and O–H groups in total. The standard InChI is InChI=1S/C19H29ClFNO/c1-2-3-4-5-6-7-8-9-10-11-15-22-19(23)16-13-12-14-17(20)18(16)21/h12-14H,2-11,15H2,1H3,(H,22,23). The monoisotopic (exact) mass is 341 g/mol. The molecule has 0 aromatic heterocycles. The van der Waals surface area contributed by atoms with Gasteiger partial charge in [-0.2, -0.15) is 0 Å². The average Bonchev–Trinajstić information content (AvgIpc) is 2.55. The SMILES string of the molecule is CCCCCCCCCCCCNC(=O)c1cccc(Cl)c1F. The van der Waals surface area contributed by atoms with Gasteiger partial charge in [0.05, 0.1) is 10.6 Å². The highest BCUT2D eigenvalue weighted by Gasteiger charge is 2.13. The minimum atomic E-state index is -0.644. The summed E-state index contributed by atoms with van der Waals surface area (Å²) in [6.07, 6.45) is 12.5. The van der Waals surface area contributed by atoms with E-state index >= 15 is 0 Å². The largest absolute Gasteiger partial charge is 0.352 e. The fourth-order valence-corrected chi connectivity index (χ4v) is 2.76. The van der Waals surface area contributed by atoms with Crippen LogP contribution in [0.25, 0.3) is 0 Å². The Hall–Kier alpha value is -1.09. The fourth-order valence-electron chi connectivity index (χ4n) is 2.59. The molecule has 0 spiro atoms. The summed E-state index contributed by atoms with van der Waals surface area (Å²) in [7, 11) is 0. The van der Waals surface area contributed by atoms with Gasteiger partial charge in [-0.05, 0) is 18.6 Å². The number of nitrogens with one attached hydrogen (secondary N) is 1. The van der Waals surface area contributed by atoms with Crippen LogP contribution in [-0.2, 0) is 0 Å². The molecule has 0 saturated heterocycles. The first-order valence-corrected chi connectivity index (χ1v) is 9.26. The van der Waals surface area contributed by atoms with Crippen LogP contribution in [0.4, 0.5) is 4.39 Å². The van der Waals surface area contributed by atoms with Gasteiger partial charge in [-0.15, -0.1) is 0 Å². The van der Waals surface area contributed by atoms with E-state index in [0.29, 0.717) is 6.54 Å². The van der Waals surface area contributed by atoms with Gasteiger partial charge in [0.1, 0.15) is 0 Å². The van der Waals surface area contributed by atoms with Crippen molar-refractivity contribution in [2.75, 3.05) is 6.54 Å². The van der Waals surface area contributed by atoms with Crippen LogP contribution in [-0.4, -0.2) is 12.5 Å². The zero-order chi connectivity index (χ0) is 16.9. The predicted octanol–water partition coefficient (Wildman–Crippen LogP) is 6.13. The molecular formula is C19H29ClFNO. The van der Waals surface area contributed by atoms with Crippen LogP contribution in [0.3, 0.4) is 0 Å². The number of carbonyl (C=O) groups excluding carboxylic acids is 1. The molecule has 0 aliphatic heterocycles. The van der Waals surface area contributed by atoms with Gasteiger partial charge in [-0.3, -0.25) is 4.79 Å². The van der Waals surface area contributed by atoms with Crippen LogP contribution in [0.2, 0.25) is 5.02 Å². The first kappa shape index (κ1) is 20.0. The molecule has 0 heterocycles. The van der Waals surface area contributed by atoms with Crippen LogP contribution in [0.1, 0.15) is 81.5 Å². The summed E-state index contributed by atoms with van der Waals surface area (Å²) in [5.74, 6) is -1.03. The van der Waals surface area contributed by atoms with Crippen LogP contribution in [0, 0.1) is 5.82 Å². The third-order valence-electron chi connectivity index (χ3n) is 4.01. The second kappa shape index (κ2) is 12.3. The Labute approximate surface area is 144 Å². The predicted molar refractivity (Wildman–Crippen MR) is 95.6 cm³/mol. The molecule has 0 unspecified atom stereocenters. The first-order valence-electron chi connectivity index (χ1n) is 8.89. The van der Waals surface area contributed by atoms with Gasteiger partial charge in [-0.25, -0.2) is 4.39 Å². The van der Waals surface area contributed by atoms with Crippen molar-refractivity contribution in [2.45, 2.75) is 71.1 Å². The highest BCUT2D eigenvalue weighted by Crippen LogP contribution is 2.17. The van der Waals surface area contributed by atoms with Crippen molar-refractivity contribution in [1.82, 2.24) is 5.32 Å². The highest BCUT2D eigenvalue weighted by atomic mass is 35.5. The minimum absolute atomic E-state index is 0.0170. The second-order valence-corrected chi connectivity index (χ2v) is 6.45. The third kappa shape index (κ3) is 8.36. The number of halogens is 2. The summed E-state index contributed by atoms with van der Waals surface area (Å²) in [5.41, 5.74) is 0.0181. The maximum Gasteiger partial charge on any atom is 0.254 e. The van der Waals surface area contributed by atoms with E-state index in [-0.39, 0.29) is 16.5 Å². The van der Waals surface area contributed by atoms with E-state index in [2.05, 4.69) is 12.2 Å². The zero-order valence-electron chi connectivity index (χ0n) is 14.2. The Balaban J connectivity index is 2.03. The molecule has 23 heavy (non-hydrogen) atoms. The molecule has 0 atom stereocenters. The lowest BCUT2D eigenvalue weighted by Crippen LogP contribution is -2.25. The van der Waals surface area contributed by atoms with Gasteiger partial charge in [0.25, 0.3) is 5.91 Å². The Bertz CT molecular complexity index is 465. The minimum Gasteiger partial charge on any atom is -0.352 e. The Morgan fingerprint density at radius 2 is 1.57 bits per heavy atom. The van der Waals surface area contributed by atoms with Crippen molar-refractivity contribution in [3.8, 4) is 0 Å². The summed E-state index contributed by atoms with van der Waals surface area (Å²) in [4.78, 5) is 11.9. The smallest absolute Gasteiger partial charge is 0.254 e. The number of hydrogen-bond acceptors (Lipinski definition) is 1. The molecule has 0 fully saturated rings. The molecule has 1 aromatic carbocycles. The molecule has 1 aromatic rings. The molecule has 1 rings (SSSR count). The summed E-state index contributed by atoms with van der Waals surface area (Å²) < 4.78 is 13.7. The molecule has 4 heteroatoms. The number of benzene rings is 1. The number of hydrogen-bond donors (Lipinski definition) is 1. The van der Waals surface area contributed by atoms with Gasteiger partial charge in [-0.1, -0.05) is 82.4 Å². The molecule has 0 aliphatic carbocycles. The fraction of sp³-hybridized carbons (Fsp3) is 0.632. The summed E-state index contributed by atoms with van der Waals surface area (Å²) >= 11 is 5.68. The average molecular weight is 342 g/mol. The van der Waals surface area contributed by atoms with Gasteiger partial charge in [0.2, 0.25) is 0 Å². The van der Waals surface area contributed by atoms with Gasteiger partial charge < -0.3 is 5.32 Å². The highest BCUT2D eigenvalue weighted by molar-refractivity contribution is 6.31. The second-order valence-electron chi connectivity index (χ2n) is 6.04. The third-order valence-corrected chi connectivity index (χ3v) is 4.30. The molecule has 0 radical (unpaired) electrons. The van der Waals surface area contributed by atoms with Crippen molar-refractivity contribution >= 4 is 17.5 Å². The number of unbranched alkanes of at least 4 members (excludes halogenated alkanes) is 9. The Kier molecular flexibility index (Phi) is 10.7. The molecular weight excluding hydrogens is 313 g/mol. The van der Waals surface area contributed by atoms with Crippen molar-refractivity contribution in [2.24, 2.45) is 0 Å². The topological polar surface area (TPSA) is 29.1 Å². The first-order chi connectivity index (χ1) is 11.2. The summed E-state index contributed by atoms with van der Waals surface area (Å²) in [5, 5.41) is 2.74. The maximum atomic E-state index is 13.7. The Morgan fingerprint density at radius 1 is 1.00 bits per heavy atom. The molecule has 2 nitrogen and oxygen atoms in total. The summed E-state index contributed by atoms with van der Waals surface area (Å²) in [6, 6.07) is 4.48. The maximum absolute atomic E-state index is 13.7. The van der Waals surface area contributed by atoms with Crippen molar-refractivity contribution < 1.29 is 9.18 Å². The lowest BCUT2D eigenvalue weighted by Gasteiger charge is -2.07. The van der Waals surface area contributed by atoms with Crippen molar-refractivity contribution in [3.63, 3.8) is 0 Å². The van der Waals surface area contributed by atoms with E-state index in [4.69, 9.17) is 11.6 Å². The van der Waals surface area contributed by atoms with E-state index in [1.54, 1.807) is 6.07 Å². The lowest BCUT2D eigenvalue weighted by molar-refractivity contribution is 0.0949. The van der Waals surface area contributed by atoms with Crippen molar-refractivity contribution in [3.05, 3.63) is 34.6 Å². The number of carbonyl (C=O) groups is 1. The van der Waals surface area contributed by atoms with Crippen LogP contribution in [0.5, 0.6) is 0 Å². The van der Waals surface area contributed by atoms with Crippen LogP contribution >= 0.6 is 11.6 Å². The molecule has 0 aliphatic rings. The van der Waals surface area contributed by atoms with Crippen molar-refractivity contribution in [1.29, 1.82) is 0 Å². The molecule has 0 bridgehead atoms. The molecule has 0 saturated carbocycles. The van der Waals surface area contributed by atoms with Crippen LogP contribution < -0.4 is 5.32 Å². The lowest BCUT2D eigenvalue weighted by atomic mass is 10.1. The normalized spacial score (nSPS) is 10.7. The van der Waals surface area contributed by atoms with E-state index < -0.39 is 5.82 Å². The van der Waals surface area contributed by atoms with E-state index in [1.807, 2.05) is 0 Å². The number of rotatable bonds is 12. The van der Waals surface area contributed by atoms with Crippen LogP contribution in [0.15, 0.2) is 18.2 Å².